The molecule has 5 heteroatoms. The molecule has 0 fully saturated rings. The Kier molecular flexibility index (Phi) is 4.63. The third kappa shape index (κ3) is 3.99. The number of halogens is 2. The standard InChI is InChI=1S/C15H16F2N2O/c1-10(2)18-8-11-7-13(17)9-19-15(11)20-14-5-3-12(16)4-6-14/h3-7,9-10,18H,8H2,1-2H3. The van der Waals surface area contributed by atoms with Crippen molar-refractivity contribution < 1.29 is 13.5 Å². The van der Waals surface area contributed by atoms with Crippen molar-refractivity contribution in [3.63, 3.8) is 0 Å². The number of rotatable bonds is 5. The van der Waals surface area contributed by atoms with Crippen LogP contribution < -0.4 is 10.1 Å². The first-order chi connectivity index (χ1) is 9.54. The first-order valence-corrected chi connectivity index (χ1v) is 6.36. The summed E-state index contributed by atoms with van der Waals surface area (Å²) in [5.74, 6) is 0.00517. The lowest BCUT2D eigenvalue weighted by Crippen LogP contribution is -2.22. The van der Waals surface area contributed by atoms with Gasteiger partial charge in [0.1, 0.15) is 17.4 Å². The van der Waals surface area contributed by atoms with Crippen molar-refractivity contribution in [2.45, 2.75) is 26.4 Å². The molecule has 0 saturated carbocycles. The van der Waals surface area contributed by atoms with E-state index in [-0.39, 0.29) is 11.9 Å². The number of benzene rings is 1. The van der Waals surface area contributed by atoms with Gasteiger partial charge in [-0.05, 0) is 30.3 Å². The molecule has 0 spiro atoms. The van der Waals surface area contributed by atoms with Crippen molar-refractivity contribution in [3.8, 4) is 11.6 Å². The van der Waals surface area contributed by atoms with Crippen LogP contribution in [0.3, 0.4) is 0 Å². The predicted molar refractivity (Wildman–Crippen MR) is 72.6 cm³/mol. The molecule has 1 heterocycles. The second kappa shape index (κ2) is 6.43. The van der Waals surface area contributed by atoms with Gasteiger partial charge in [0, 0.05) is 18.2 Å². The zero-order valence-corrected chi connectivity index (χ0v) is 11.4. The van der Waals surface area contributed by atoms with Crippen molar-refractivity contribution in [1.82, 2.24) is 10.3 Å². The van der Waals surface area contributed by atoms with Gasteiger partial charge >= 0.3 is 0 Å². The first-order valence-electron chi connectivity index (χ1n) is 6.36. The Bertz CT molecular complexity index is 571. The van der Waals surface area contributed by atoms with E-state index in [1.54, 1.807) is 0 Å². The van der Waals surface area contributed by atoms with E-state index in [2.05, 4.69) is 10.3 Å². The van der Waals surface area contributed by atoms with Gasteiger partial charge in [0.15, 0.2) is 0 Å². The number of ether oxygens (including phenoxy) is 1. The molecule has 1 N–H and O–H groups in total. The molecule has 0 atom stereocenters. The SMILES string of the molecule is CC(C)NCc1cc(F)cnc1Oc1ccc(F)cc1. The summed E-state index contributed by atoms with van der Waals surface area (Å²) in [5.41, 5.74) is 0.614. The number of nitrogens with one attached hydrogen (secondary N) is 1. The highest BCUT2D eigenvalue weighted by Crippen LogP contribution is 2.23. The molecule has 106 valence electrons. The molecular formula is C15H16F2N2O. The molecule has 0 amide bonds. The Balaban J connectivity index is 2.19. The van der Waals surface area contributed by atoms with E-state index in [1.165, 1.54) is 30.3 Å². The molecule has 2 rings (SSSR count). The molecule has 0 unspecified atom stereocenters. The largest absolute Gasteiger partial charge is 0.439 e. The predicted octanol–water partition coefficient (Wildman–Crippen LogP) is 3.65. The normalized spacial score (nSPS) is 10.8. The summed E-state index contributed by atoms with van der Waals surface area (Å²) < 4.78 is 31.7. The van der Waals surface area contributed by atoms with Gasteiger partial charge in [-0.3, -0.25) is 0 Å². The molecule has 3 nitrogen and oxygen atoms in total. The van der Waals surface area contributed by atoms with Crippen molar-refractivity contribution in [2.24, 2.45) is 0 Å². The minimum atomic E-state index is -0.419. The van der Waals surface area contributed by atoms with E-state index in [4.69, 9.17) is 4.74 Å². The molecular weight excluding hydrogens is 262 g/mol. The van der Waals surface area contributed by atoms with Gasteiger partial charge in [-0.2, -0.15) is 0 Å². The van der Waals surface area contributed by atoms with Gasteiger partial charge in [0.05, 0.1) is 6.20 Å². The van der Waals surface area contributed by atoms with Crippen molar-refractivity contribution in [1.29, 1.82) is 0 Å². The van der Waals surface area contributed by atoms with Crippen LogP contribution in [0.25, 0.3) is 0 Å². The molecule has 0 radical (unpaired) electrons. The third-order valence-electron chi connectivity index (χ3n) is 2.62. The van der Waals surface area contributed by atoms with E-state index in [0.29, 0.717) is 23.7 Å². The highest BCUT2D eigenvalue weighted by molar-refractivity contribution is 5.32. The average molecular weight is 278 g/mol. The smallest absolute Gasteiger partial charge is 0.223 e. The monoisotopic (exact) mass is 278 g/mol. The Morgan fingerprint density at radius 2 is 1.85 bits per heavy atom. The Labute approximate surface area is 116 Å². The van der Waals surface area contributed by atoms with Crippen molar-refractivity contribution in [2.75, 3.05) is 0 Å². The maximum absolute atomic E-state index is 13.3. The summed E-state index contributed by atoms with van der Waals surface area (Å²) in [6, 6.07) is 7.23. The summed E-state index contributed by atoms with van der Waals surface area (Å²) in [5, 5.41) is 3.18. The highest BCUT2D eigenvalue weighted by atomic mass is 19.1. The molecule has 0 bridgehead atoms. The second-order valence-electron chi connectivity index (χ2n) is 4.71. The summed E-state index contributed by atoms with van der Waals surface area (Å²) in [7, 11) is 0. The highest BCUT2D eigenvalue weighted by Gasteiger charge is 2.09. The number of aromatic nitrogens is 1. The first kappa shape index (κ1) is 14.4. The minimum Gasteiger partial charge on any atom is -0.439 e. The van der Waals surface area contributed by atoms with Crippen LogP contribution in [0.15, 0.2) is 36.5 Å². The van der Waals surface area contributed by atoms with Gasteiger partial charge in [-0.15, -0.1) is 0 Å². The molecule has 0 saturated heterocycles. The fraction of sp³-hybridized carbons (Fsp3) is 0.267. The Morgan fingerprint density at radius 1 is 1.15 bits per heavy atom. The van der Waals surface area contributed by atoms with E-state index in [9.17, 15) is 8.78 Å². The van der Waals surface area contributed by atoms with Crippen LogP contribution in [0.2, 0.25) is 0 Å². The third-order valence-corrected chi connectivity index (χ3v) is 2.62. The van der Waals surface area contributed by atoms with Crippen molar-refractivity contribution in [3.05, 3.63) is 53.7 Å². The van der Waals surface area contributed by atoms with Crippen LogP contribution in [0, 0.1) is 11.6 Å². The fourth-order valence-electron chi connectivity index (χ4n) is 1.62. The van der Waals surface area contributed by atoms with Crippen LogP contribution in [-0.4, -0.2) is 11.0 Å². The lowest BCUT2D eigenvalue weighted by molar-refractivity contribution is 0.444. The molecule has 0 aliphatic rings. The van der Waals surface area contributed by atoms with Gasteiger partial charge < -0.3 is 10.1 Å². The van der Waals surface area contributed by atoms with Gasteiger partial charge in [0.25, 0.3) is 0 Å². The lowest BCUT2D eigenvalue weighted by atomic mass is 10.2. The van der Waals surface area contributed by atoms with Crippen LogP contribution in [0.5, 0.6) is 11.6 Å². The van der Waals surface area contributed by atoms with E-state index in [0.717, 1.165) is 6.20 Å². The van der Waals surface area contributed by atoms with Gasteiger partial charge in [-0.1, -0.05) is 13.8 Å². The topological polar surface area (TPSA) is 34.2 Å². The van der Waals surface area contributed by atoms with E-state index >= 15 is 0 Å². The Hall–Kier alpha value is -2.01. The van der Waals surface area contributed by atoms with Crippen LogP contribution in [0.4, 0.5) is 8.78 Å². The Morgan fingerprint density at radius 3 is 2.50 bits per heavy atom. The molecule has 20 heavy (non-hydrogen) atoms. The molecule has 0 aliphatic heterocycles. The molecule has 1 aromatic carbocycles. The fourth-order valence-corrected chi connectivity index (χ4v) is 1.62. The number of nitrogens with zero attached hydrogens (tertiary/aromatic N) is 1. The number of pyridine rings is 1. The maximum atomic E-state index is 13.3. The summed E-state index contributed by atoms with van der Waals surface area (Å²) in [6.45, 7) is 4.43. The minimum absolute atomic E-state index is 0.261. The van der Waals surface area contributed by atoms with Crippen LogP contribution in [-0.2, 0) is 6.54 Å². The van der Waals surface area contributed by atoms with Crippen LogP contribution in [0.1, 0.15) is 19.4 Å². The lowest BCUT2D eigenvalue weighted by Gasteiger charge is -2.12. The van der Waals surface area contributed by atoms with Crippen molar-refractivity contribution >= 4 is 0 Å². The number of hydrogen-bond donors (Lipinski definition) is 1. The quantitative estimate of drug-likeness (QED) is 0.906. The number of hydrogen-bond acceptors (Lipinski definition) is 3. The molecule has 2 aromatic rings. The second-order valence-corrected chi connectivity index (χ2v) is 4.71. The zero-order valence-electron chi connectivity index (χ0n) is 11.4. The maximum Gasteiger partial charge on any atom is 0.223 e. The molecule has 0 aliphatic carbocycles. The summed E-state index contributed by atoms with van der Waals surface area (Å²) >= 11 is 0. The average Bonchev–Trinajstić information content (AvgIpc) is 2.41. The van der Waals surface area contributed by atoms with Gasteiger partial charge in [0.2, 0.25) is 5.88 Å². The van der Waals surface area contributed by atoms with Gasteiger partial charge in [-0.25, -0.2) is 13.8 Å². The van der Waals surface area contributed by atoms with Crippen LogP contribution >= 0.6 is 0 Å². The van der Waals surface area contributed by atoms with E-state index < -0.39 is 5.82 Å². The zero-order chi connectivity index (χ0) is 14.5. The molecule has 1 aromatic heterocycles. The van der Waals surface area contributed by atoms with E-state index in [1.807, 2.05) is 13.8 Å². The summed E-state index contributed by atoms with van der Waals surface area (Å²) in [6.07, 6.45) is 1.09. The summed E-state index contributed by atoms with van der Waals surface area (Å²) in [4.78, 5) is 3.94.